The molecule has 0 aliphatic carbocycles. The molecule has 4 nitrogen and oxygen atoms in total. The molecule has 5 heteroatoms. The second kappa shape index (κ2) is 6.00. The number of hydrogen-bond donors (Lipinski definition) is 2. The number of halogens is 1. The third-order valence-corrected chi connectivity index (χ3v) is 4.44. The molecule has 0 atom stereocenters. The summed E-state index contributed by atoms with van der Waals surface area (Å²) in [5.74, 6) is -0.349. The highest BCUT2D eigenvalue weighted by molar-refractivity contribution is 6.02. The van der Waals surface area contributed by atoms with Crippen molar-refractivity contribution in [1.29, 1.82) is 0 Å². The number of anilines is 1. The Labute approximate surface area is 139 Å². The van der Waals surface area contributed by atoms with Gasteiger partial charge < -0.3 is 15.0 Å². The highest BCUT2D eigenvalue weighted by Crippen LogP contribution is 2.27. The van der Waals surface area contributed by atoms with E-state index in [0.717, 1.165) is 24.2 Å². The topological polar surface area (TPSA) is 51.6 Å². The molecule has 1 aliphatic heterocycles. The third-order valence-electron chi connectivity index (χ3n) is 4.44. The van der Waals surface area contributed by atoms with Gasteiger partial charge >= 0.3 is 0 Å². The van der Waals surface area contributed by atoms with Crippen LogP contribution < -0.4 is 4.90 Å². The van der Waals surface area contributed by atoms with Crippen LogP contribution in [0.15, 0.2) is 47.5 Å². The Morgan fingerprint density at radius 2 is 1.83 bits per heavy atom. The summed E-state index contributed by atoms with van der Waals surface area (Å²) in [5, 5.41) is 10.8. The predicted octanol–water partition coefficient (Wildman–Crippen LogP) is 4.36. The van der Waals surface area contributed by atoms with E-state index in [-0.39, 0.29) is 11.7 Å². The first kappa shape index (κ1) is 14.8. The molecular weight excluding hydrogens is 305 g/mol. The molecule has 0 radical (unpaired) electrons. The van der Waals surface area contributed by atoms with Gasteiger partial charge in [-0.25, -0.2) is 4.39 Å². The van der Waals surface area contributed by atoms with E-state index < -0.39 is 0 Å². The smallest absolute Gasteiger partial charge is 0.198 e. The molecule has 0 spiro atoms. The lowest BCUT2D eigenvalue weighted by molar-refractivity contribution is 0.457. The standard InChI is InChI=1S/C19H18FN3O/c20-13-3-8-16-17(19(24)22-18(16)11-13)12-21-14-4-6-15(7-5-14)23-9-1-2-10-23/h3-8,11-12,22,24H,1-2,9-10H2. The van der Waals surface area contributed by atoms with Gasteiger partial charge in [-0.05, 0) is 55.3 Å². The van der Waals surface area contributed by atoms with E-state index in [4.69, 9.17) is 0 Å². The average Bonchev–Trinajstić information content (AvgIpc) is 3.21. The minimum Gasteiger partial charge on any atom is -0.494 e. The molecule has 0 bridgehead atoms. The number of hydrogen-bond acceptors (Lipinski definition) is 3. The summed E-state index contributed by atoms with van der Waals surface area (Å²) >= 11 is 0. The zero-order valence-corrected chi connectivity index (χ0v) is 13.2. The van der Waals surface area contributed by atoms with Crippen molar-refractivity contribution in [2.24, 2.45) is 4.99 Å². The van der Waals surface area contributed by atoms with Gasteiger partial charge in [0, 0.05) is 30.4 Å². The van der Waals surface area contributed by atoms with Crippen LogP contribution in [0.4, 0.5) is 15.8 Å². The van der Waals surface area contributed by atoms with E-state index >= 15 is 0 Å². The minimum atomic E-state index is -0.343. The molecule has 4 rings (SSSR count). The average molecular weight is 323 g/mol. The quantitative estimate of drug-likeness (QED) is 0.704. The van der Waals surface area contributed by atoms with E-state index in [9.17, 15) is 9.50 Å². The van der Waals surface area contributed by atoms with Crippen molar-refractivity contribution >= 4 is 28.5 Å². The summed E-state index contributed by atoms with van der Waals surface area (Å²) in [6.07, 6.45) is 4.11. The highest BCUT2D eigenvalue weighted by atomic mass is 19.1. The molecule has 2 aromatic carbocycles. The highest BCUT2D eigenvalue weighted by Gasteiger charge is 2.12. The molecule has 1 fully saturated rings. The van der Waals surface area contributed by atoms with Crippen LogP contribution in [0.25, 0.3) is 10.9 Å². The van der Waals surface area contributed by atoms with Gasteiger partial charge in [-0.1, -0.05) is 0 Å². The lowest BCUT2D eigenvalue weighted by atomic mass is 10.2. The van der Waals surface area contributed by atoms with Crippen molar-refractivity contribution in [3.63, 3.8) is 0 Å². The van der Waals surface area contributed by atoms with Crippen LogP contribution >= 0.6 is 0 Å². The number of nitrogens with zero attached hydrogens (tertiary/aromatic N) is 2. The molecule has 0 unspecified atom stereocenters. The Bertz CT molecular complexity index is 893. The zero-order valence-electron chi connectivity index (χ0n) is 13.2. The fourth-order valence-corrected chi connectivity index (χ4v) is 3.17. The van der Waals surface area contributed by atoms with E-state index in [1.807, 2.05) is 12.1 Å². The number of fused-ring (bicyclic) bond motifs is 1. The number of aliphatic imine (C=N–C) groups is 1. The Balaban J connectivity index is 1.59. The number of aromatic amines is 1. The summed E-state index contributed by atoms with van der Waals surface area (Å²) in [7, 11) is 0. The van der Waals surface area contributed by atoms with E-state index in [2.05, 4.69) is 27.0 Å². The first-order valence-corrected chi connectivity index (χ1v) is 8.10. The first-order chi connectivity index (χ1) is 11.7. The lowest BCUT2D eigenvalue weighted by Gasteiger charge is -2.17. The zero-order chi connectivity index (χ0) is 16.5. The third kappa shape index (κ3) is 2.73. The monoisotopic (exact) mass is 323 g/mol. The lowest BCUT2D eigenvalue weighted by Crippen LogP contribution is -2.17. The van der Waals surface area contributed by atoms with Crippen LogP contribution in [-0.4, -0.2) is 29.4 Å². The molecule has 1 aliphatic rings. The SMILES string of the molecule is Oc1[nH]c2cc(F)ccc2c1C=Nc1ccc(N2CCCC2)cc1. The Morgan fingerprint density at radius 1 is 1.08 bits per heavy atom. The van der Waals surface area contributed by atoms with E-state index in [0.29, 0.717) is 11.1 Å². The van der Waals surface area contributed by atoms with E-state index in [1.54, 1.807) is 12.3 Å². The van der Waals surface area contributed by atoms with Gasteiger partial charge in [0.2, 0.25) is 0 Å². The number of rotatable bonds is 3. The van der Waals surface area contributed by atoms with E-state index in [1.165, 1.54) is 30.7 Å². The van der Waals surface area contributed by atoms with Crippen molar-refractivity contribution in [2.45, 2.75) is 12.8 Å². The van der Waals surface area contributed by atoms with Crippen molar-refractivity contribution in [1.82, 2.24) is 4.98 Å². The predicted molar refractivity (Wildman–Crippen MR) is 95.1 cm³/mol. The molecule has 3 aromatic rings. The van der Waals surface area contributed by atoms with Crippen LogP contribution in [0.3, 0.4) is 0 Å². The largest absolute Gasteiger partial charge is 0.494 e. The van der Waals surface area contributed by atoms with Gasteiger partial charge in [0.15, 0.2) is 5.88 Å². The van der Waals surface area contributed by atoms with Gasteiger partial charge in [-0.15, -0.1) is 0 Å². The van der Waals surface area contributed by atoms with Crippen LogP contribution in [0.5, 0.6) is 5.88 Å². The maximum atomic E-state index is 13.3. The molecule has 0 amide bonds. The van der Waals surface area contributed by atoms with Gasteiger partial charge in [0.05, 0.1) is 16.8 Å². The summed E-state index contributed by atoms with van der Waals surface area (Å²) in [6.45, 7) is 2.23. The summed E-state index contributed by atoms with van der Waals surface area (Å²) in [4.78, 5) is 9.57. The Morgan fingerprint density at radius 3 is 2.58 bits per heavy atom. The summed E-state index contributed by atoms with van der Waals surface area (Å²) in [5.41, 5.74) is 3.15. The number of aromatic hydroxyl groups is 1. The Kier molecular flexibility index (Phi) is 3.69. The first-order valence-electron chi connectivity index (χ1n) is 8.10. The number of benzene rings is 2. The molecule has 24 heavy (non-hydrogen) atoms. The molecule has 0 saturated carbocycles. The fraction of sp³-hybridized carbons (Fsp3) is 0.211. The number of nitrogens with one attached hydrogen (secondary N) is 1. The van der Waals surface area contributed by atoms with Crippen LogP contribution in [0.1, 0.15) is 18.4 Å². The second-order valence-corrected chi connectivity index (χ2v) is 6.05. The van der Waals surface area contributed by atoms with Crippen LogP contribution in [-0.2, 0) is 0 Å². The van der Waals surface area contributed by atoms with Gasteiger partial charge in [0.25, 0.3) is 0 Å². The van der Waals surface area contributed by atoms with Gasteiger partial charge in [0.1, 0.15) is 5.82 Å². The van der Waals surface area contributed by atoms with Crippen LogP contribution in [0, 0.1) is 5.82 Å². The van der Waals surface area contributed by atoms with Crippen LogP contribution in [0.2, 0.25) is 0 Å². The fourth-order valence-electron chi connectivity index (χ4n) is 3.17. The number of H-pyrrole nitrogens is 1. The molecule has 2 N–H and O–H groups in total. The molecular formula is C19H18FN3O. The molecule has 1 aromatic heterocycles. The molecule has 2 heterocycles. The van der Waals surface area contributed by atoms with Crippen molar-refractivity contribution in [2.75, 3.05) is 18.0 Å². The maximum absolute atomic E-state index is 13.3. The normalized spacial score (nSPS) is 15.0. The Hall–Kier alpha value is -2.82. The summed E-state index contributed by atoms with van der Waals surface area (Å²) < 4.78 is 13.3. The van der Waals surface area contributed by atoms with Gasteiger partial charge in [-0.3, -0.25) is 4.99 Å². The summed E-state index contributed by atoms with van der Waals surface area (Å²) in [6, 6.07) is 12.4. The maximum Gasteiger partial charge on any atom is 0.198 e. The number of aromatic nitrogens is 1. The van der Waals surface area contributed by atoms with Gasteiger partial charge in [-0.2, -0.15) is 0 Å². The van der Waals surface area contributed by atoms with Crippen molar-refractivity contribution < 1.29 is 9.50 Å². The minimum absolute atomic E-state index is 0.00645. The second-order valence-electron chi connectivity index (χ2n) is 6.05. The van der Waals surface area contributed by atoms with Crippen molar-refractivity contribution in [3.05, 3.63) is 53.8 Å². The molecule has 122 valence electrons. The molecule has 1 saturated heterocycles. The van der Waals surface area contributed by atoms with Crippen molar-refractivity contribution in [3.8, 4) is 5.88 Å².